The molecule has 112 valence electrons. The fourth-order valence-corrected chi connectivity index (χ4v) is 4.61. The molecule has 1 aliphatic rings. The zero-order chi connectivity index (χ0) is 14.8. The average molecular weight is 296 g/mol. The Hall–Kier alpha value is -0.910. The van der Waals surface area contributed by atoms with E-state index in [9.17, 15) is 8.42 Å². The highest BCUT2D eigenvalue weighted by Gasteiger charge is 2.32. The second kappa shape index (κ2) is 6.24. The van der Waals surface area contributed by atoms with Crippen molar-refractivity contribution in [2.45, 2.75) is 38.1 Å². The van der Waals surface area contributed by atoms with Crippen LogP contribution in [0, 0.1) is 12.8 Å². The van der Waals surface area contributed by atoms with E-state index < -0.39 is 10.0 Å². The summed E-state index contributed by atoms with van der Waals surface area (Å²) in [5.74, 6) is 0.505. The molecule has 1 atom stereocenters. The van der Waals surface area contributed by atoms with Gasteiger partial charge in [0.2, 0.25) is 10.0 Å². The lowest BCUT2D eigenvalue weighted by atomic mass is 10.1. The number of benzene rings is 1. The highest BCUT2D eigenvalue weighted by Crippen LogP contribution is 2.28. The minimum atomic E-state index is -3.35. The molecule has 0 amide bonds. The van der Waals surface area contributed by atoms with Crippen LogP contribution in [-0.2, 0) is 16.6 Å². The Labute approximate surface area is 122 Å². The first-order chi connectivity index (χ1) is 9.50. The van der Waals surface area contributed by atoms with Gasteiger partial charge in [-0.3, -0.25) is 0 Å². The molecule has 0 aliphatic carbocycles. The molecule has 20 heavy (non-hydrogen) atoms. The molecule has 0 spiro atoms. The topological polar surface area (TPSA) is 49.4 Å². The SMILES string of the molecule is CCC1CCN(S(=O)(=O)c2cccc(CNC)c2C)C1. The maximum atomic E-state index is 12.8. The molecule has 1 aliphatic heterocycles. The van der Waals surface area contributed by atoms with Crippen molar-refractivity contribution < 1.29 is 8.42 Å². The van der Waals surface area contributed by atoms with E-state index >= 15 is 0 Å². The van der Waals surface area contributed by atoms with Gasteiger partial charge in [-0.2, -0.15) is 4.31 Å². The Bertz CT molecular complexity index is 569. The predicted molar refractivity (Wildman–Crippen MR) is 81.1 cm³/mol. The molecule has 4 nitrogen and oxygen atoms in total. The second-order valence-corrected chi connectivity index (χ2v) is 7.40. The van der Waals surface area contributed by atoms with E-state index in [0.717, 1.165) is 24.0 Å². The zero-order valence-corrected chi connectivity index (χ0v) is 13.3. The molecular formula is C15H24N2O2S. The number of nitrogens with zero attached hydrogens (tertiary/aromatic N) is 1. The second-order valence-electron chi connectivity index (χ2n) is 5.50. The van der Waals surface area contributed by atoms with E-state index in [0.29, 0.717) is 30.4 Å². The third kappa shape index (κ3) is 2.90. The van der Waals surface area contributed by atoms with Crippen molar-refractivity contribution in [3.8, 4) is 0 Å². The first-order valence-electron chi connectivity index (χ1n) is 7.24. The third-order valence-electron chi connectivity index (χ3n) is 4.21. The van der Waals surface area contributed by atoms with Gasteiger partial charge in [0, 0.05) is 19.6 Å². The molecule has 1 fully saturated rings. The van der Waals surface area contributed by atoms with Crippen molar-refractivity contribution in [1.29, 1.82) is 0 Å². The van der Waals surface area contributed by atoms with Crippen molar-refractivity contribution >= 4 is 10.0 Å². The summed E-state index contributed by atoms with van der Waals surface area (Å²) in [4.78, 5) is 0.460. The molecule has 1 aromatic rings. The summed E-state index contributed by atoms with van der Waals surface area (Å²) in [5, 5.41) is 3.08. The van der Waals surface area contributed by atoms with Gasteiger partial charge >= 0.3 is 0 Å². The van der Waals surface area contributed by atoms with Gasteiger partial charge in [-0.15, -0.1) is 0 Å². The summed E-state index contributed by atoms with van der Waals surface area (Å²) < 4.78 is 27.2. The standard InChI is InChI=1S/C15H24N2O2S/c1-4-13-8-9-17(11-13)20(18,19)15-7-5-6-14(10-16-3)12(15)2/h5-7,13,16H,4,8-11H2,1-3H3. The smallest absolute Gasteiger partial charge is 0.243 e. The molecule has 1 unspecified atom stereocenters. The lowest BCUT2D eigenvalue weighted by Crippen LogP contribution is -2.29. The average Bonchev–Trinajstić information content (AvgIpc) is 2.91. The molecule has 1 N–H and O–H groups in total. The van der Waals surface area contributed by atoms with Crippen molar-refractivity contribution in [2.75, 3.05) is 20.1 Å². The summed E-state index contributed by atoms with van der Waals surface area (Å²) in [6, 6.07) is 5.53. The van der Waals surface area contributed by atoms with Crippen molar-refractivity contribution in [1.82, 2.24) is 9.62 Å². The summed E-state index contributed by atoms with van der Waals surface area (Å²) in [6.45, 7) is 6.02. The summed E-state index contributed by atoms with van der Waals surface area (Å²) in [5.41, 5.74) is 1.90. The minimum Gasteiger partial charge on any atom is -0.316 e. The Morgan fingerprint density at radius 3 is 2.75 bits per heavy atom. The van der Waals surface area contributed by atoms with Crippen molar-refractivity contribution in [3.05, 3.63) is 29.3 Å². The minimum absolute atomic E-state index is 0.460. The monoisotopic (exact) mass is 296 g/mol. The lowest BCUT2D eigenvalue weighted by molar-refractivity contribution is 0.452. The Morgan fingerprint density at radius 2 is 2.15 bits per heavy atom. The quantitative estimate of drug-likeness (QED) is 0.905. The normalized spacial score (nSPS) is 20.4. The number of hydrogen-bond acceptors (Lipinski definition) is 3. The third-order valence-corrected chi connectivity index (χ3v) is 6.22. The molecule has 0 bridgehead atoms. The van der Waals surface area contributed by atoms with Crippen molar-refractivity contribution in [2.24, 2.45) is 5.92 Å². The van der Waals surface area contributed by atoms with E-state index in [1.54, 1.807) is 10.4 Å². The van der Waals surface area contributed by atoms with Gasteiger partial charge in [0.1, 0.15) is 0 Å². The molecule has 2 rings (SSSR count). The van der Waals surface area contributed by atoms with Gasteiger partial charge in [-0.25, -0.2) is 8.42 Å². The maximum absolute atomic E-state index is 12.8. The molecule has 1 aromatic carbocycles. The van der Waals surface area contributed by atoms with E-state index in [1.165, 1.54) is 0 Å². The predicted octanol–water partition coefficient (Wildman–Crippen LogP) is 2.14. The van der Waals surface area contributed by atoms with Crippen LogP contribution in [0.25, 0.3) is 0 Å². The summed E-state index contributed by atoms with van der Waals surface area (Å²) in [7, 11) is -1.48. The number of nitrogens with one attached hydrogen (secondary N) is 1. The van der Waals surface area contributed by atoms with Gasteiger partial charge in [0.05, 0.1) is 4.90 Å². The molecule has 1 heterocycles. The van der Waals surface area contributed by atoms with Crippen LogP contribution in [-0.4, -0.2) is 32.9 Å². The molecule has 5 heteroatoms. The molecule has 1 saturated heterocycles. The molecule has 0 saturated carbocycles. The van der Waals surface area contributed by atoms with E-state index in [4.69, 9.17) is 0 Å². The van der Waals surface area contributed by atoms with Crippen LogP contribution in [0.4, 0.5) is 0 Å². The molecule has 0 radical (unpaired) electrons. The summed E-state index contributed by atoms with van der Waals surface area (Å²) in [6.07, 6.45) is 2.02. The number of rotatable bonds is 5. The number of hydrogen-bond donors (Lipinski definition) is 1. The fourth-order valence-electron chi connectivity index (χ4n) is 2.81. The summed E-state index contributed by atoms with van der Waals surface area (Å²) >= 11 is 0. The number of sulfonamides is 1. The highest BCUT2D eigenvalue weighted by atomic mass is 32.2. The van der Waals surface area contributed by atoms with Gasteiger partial charge in [-0.05, 0) is 43.5 Å². The van der Waals surface area contributed by atoms with Crippen LogP contribution in [0.15, 0.2) is 23.1 Å². The van der Waals surface area contributed by atoms with E-state index in [1.807, 2.05) is 26.1 Å². The van der Waals surface area contributed by atoms with Crippen LogP contribution < -0.4 is 5.32 Å². The van der Waals surface area contributed by atoms with E-state index in [2.05, 4.69) is 12.2 Å². The fraction of sp³-hybridized carbons (Fsp3) is 0.600. The highest BCUT2D eigenvalue weighted by molar-refractivity contribution is 7.89. The Balaban J connectivity index is 2.33. The van der Waals surface area contributed by atoms with Crippen LogP contribution in [0.5, 0.6) is 0 Å². The Morgan fingerprint density at radius 1 is 1.40 bits per heavy atom. The largest absolute Gasteiger partial charge is 0.316 e. The maximum Gasteiger partial charge on any atom is 0.243 e. The van der Waals surface area contributed by atoms with Gasteiger partial charge in [0.15, 0.2) is 0 Å². The first-order valence-corrected chi connectivity index (χ1v) is 8.68. The lowest BCUT2D eigenvalue weighted by Gasteiger charge is -2.19. The zero-order valence-electron chi connectivity index (χ0n) is 12.5. The Kier molecular flexibility index (Phi) is 4.83. The van der Waals surface area contributed by atoms with E-state index in [-0.39, 0.29) is 0 Å². The van der Waals surface area contributed by atoms with Gasteiger partial charge < -0.3 is 5.32 Å². The van der Waals surface area contributed by atoms with Crippen LogP contribution in [0.2, 0.25) is 0 Å². The molecule has 0 aromatic heterocycles. The van der Waals surface area contributed by atoms with Gasteiger partial charge in [0.25, 0.3) is 0 Å². The van der Waals surface area contributed by atoms with Crippen LogP contribution >= 0.6 is 0 Å². The van der Waals surface area contributed by atoms with Crippen LogP contribution in [0.3, 0.4) is 0 Å². The first kappa shape index (κ1) is 15.5. The van der Waals surface area contributed by atoms with Crippen molar-refractivity contribution in [3.63, 3.8) is 0 Å². The van der Waals surface area contributed by atoms with Gasteiger partial charge in [-0.1, -0.05) is 25.5 Å². The molecular weight excluding hydrogens is 272 g/mol. The van der Waals surface area contributed by atoms with Crippen LogP contribution in [0.1, 0.15) is 30.9 Å².